The molecule has 0 amide bonds. The standard InChI is InChI=1S/C43H32N2/c1-43(2)37-26-14-13-24-35(37)41-36(25-15-27-38(41)43)40-28-39(33-22-11-9-20-31(33)29-16-5-3-6-17-29)44-42(45-40)34-23-12-10-21-32(34)30-18-7-4-8-19-30/h3-28H,1-2H3. The van der Waals surface area contributed by atoms with Crippen LogP contribution in [0.15, 0.2) is 158 Å². The van der Waals surface area contributed by atoms with Gasteiger partial charge in [-0.1, -0.05) is 166 Å². The van der Waals surface area contributed by atoms with Crippen LogP contribution < -0.4 is 0 Å². The second-order valence-corrected chi connectivity index (χ2v) is 12.2. The first-order valence-electron chi connectivity index (χ1n) is 15.5. The van der Waals surface area contributed by atoms with Crippen molar-refractivity contribution in [3.05, 3.63) is 169 Å². The first-order valence-corrected chi connectivity index (χ1v) is 15.5. The molecule has 214 valence electrons. The predicted molar refractivity (Wildman–Crippen MR) is 187 cm³/mol. The molecule has 1 aromatic heterocycles. The third-order valence-corrected chi connectivity index (χ3v) is 9.15. The van der Waals surface area contributed by atoms with E-state index in [0.717, 1.165) is 50.3 Å². The highest BCUT2D eigenvalue weighted by Crippen LogP contribution is 2.52. The Kier molecular flexibility index (Phi) is 6.50. The molecule has 0 N–H and O–H groups in total. The van der Waals surface area contributed by atoms with Gasteiger partial charge < -0.3 is 0 Å². The molecule has 1 aliphatic rings. The zero-order valence-corrected chi connectivity index (χ0v) is 25.4. The van der Waals surface area contributed by atoms with E-state index in [0.29, 0.717) is 5.82 Å². The van der Waals surface area contributed by atoms with Crippen molar-refractivity contribution in [3.8, 4) is 67.3 Å². The first-order chi connectivity index (χ1) is 22.1. The van der Waals surface area contributed by atoms with E-state index >= 15 is 0 Å². The highest BCUT2D eigenvalue weighted by Gasteiger charge is 2.36. The minimum atomic E-state index is -0.0968. The van der Waals surface area contributed by atoms with Crippen molar-refractivity contribution in [1.82, 2.24) is 9.97 Å². The minimum absolute atomic E-state index is 0.0968. The summed E-state index contributed by atoms with van der Waals surface area (Å²) in [7, 11) is 0. The van der Waals surface area contributed by atoms with Crippen LogP contribution in [0.1, 0.15) is 25.0 Å². The molecule has 1 heterocycles. The maximum Gasteiger partial charge on any atom is 0.161 e. The topological polar surface area (TPSA) is 25.8 Å². The molecule has 8 rings (SSSR count). The van der Waals surface area contributed by atoms with E-state index in [4.69, 9.17) is 9.97 Å². The van der Waals surface area contributed by atoms with Crippen LogP contribution in [-0.2, 0) is 5.41 Å². The SMILES string of the molecule is CC1(C)c2ccccc2-c2c(-c3cc(-c4ccccc4-c4ccccc4)nc(-c4ccccc4-c4ccccc4)n3)cccc21. The molecule has 0 fully saturated rings. The third-order valence-electron chi connectivity index (χ3n) is 9.15. The Hall–Kier alpha value is -5.60. The molecule has 6 aromatic carbocycles. The molecule has 45 heavy (non-hydrogen) atoms. The van der Waals surface area contributed by atoms with Crippen molar-refractivity contribution in [2.24, 2.45) is 0 Å². The lowest BCUT2D eigenvalue weighted by molar-refractivity contribution is 0.660. The van der Waals surface area contributed by atoms with E-state index in [1.165, 1.54) is 22.3 Å². The summed E-state index contributed by atoms with van der Waals surface area (Å²) < 4.78 is 0. The number of fused-ring (bicyclic) bond motifs is 3. The minimum Gasteiger partial charge on any atom is -0.228 e. The summed E-state index contributed by atoms with van der Waals surface area (Å²) in [5.74, 6) is 0.716. The Morgan fingerprint density at radius 2 is 0.822 bits per heavy atom. The highest BCUT2D eigenvalue weighted by atomic mass is 14.9. The van der Waals surface area contributed by atoms with Crippen molar-refractivity contribution in [1.29, 1.82) is 0 Å². The van der Waals surface area contributed by atoms with Crippen LogP contribution >= 0.6 is 0 Å². The largest absolute Gasteiger partial charge is 0.228 e. The molecule has 0 unspecified atom stereocenters. The fraction of sp³-hybridized carbons (Fsp3) is 0.0698. The molecule has 7 aromatic rings. The summed E-state index contributed by atoms with van der Waals surface area (Å²) in [5.41, 5.74) is 14.7. The normalized spacial score (nSPS) is 12.8. The van der Waals surface area contributed by atoms with Crippen LogP contribution in [0.2, 0.25) is 0 Å². The molecule has 0 spiro atoms. The van der Waals surface area contributed by atoms with E-state index in [2.05, 4.69) is 172 Å². The van der Waals surface area contributed by atoms with E-state index in [9.17, 15) is 0 Å². The fourth-order valence-corrected chi connectivity index (χ4v) is 6.94. The number of rotatable bonds is 5. The molecule has 0 radical (unpaired) electrons. The number of nitrogens with zero attached hydrogens (tertiary/aromatic N) is 2. The van der Waals surface area contributed by atoms with Gasteiger partial charge in [0.1, 0.15) is 0 Å². The maximum absolute atomic E-state index is 5.38. The van der Waals surface area contributed by atoms with Gasteiger partial charge in [0.15, 0.2) is 5.82 Å². The summed E-state index contributed by atoms with van der Waals surface area (Å²) in [6, 6.07) is 55.8. The summed E-state index contributed by atoms with van der Waals surface area (Å²) >= 11 is 0. The lowest BCUT2D eigenvalue weighted by Crippen LogP contribution is -2.14. The van der Waals surface area contributed by atoms with Crippen molar-refractivity contribution < 1.29 is 0 Å². The Morgan fingerprint density at radius 1 is 0.378 bits per heavy atom. The van der Waals surface area contributed by atoms with E-state index in [-0.39, 0.29) is 5.41 Å². The van der Waals surface area contributed by atoms with Gasteiger partial charge in [-0.15, -0.1) is 0 Å². The van der Waals surface area contributed by atoms with Crippen LogP contribution in [0.25, 0.3) is 67.3 Å². The Bertz CT molecular complexity index is 2080. The monoisotopic (exact) mass is 576 g/mol. The number of benzene rings is 6. The number of hydrogen-bond acceptors (Lipinski definition) is 2. The number of aromatic nitrogens is 2. The zero-order valence-electron chi connectivity index (χ0n) is 25.4. The van der Waals surface area contributed by atoms with Gasteiger partial charge in [-0.05, 0) is 50.6 Å². The molecule has 2 nitrogen and oxygen atoms in total. The molecule has 0 aliphatic heterocycles. The second kappa shape index (κ2) is 10.8. The predicted octanol–water partition coefficient (Wildman–Crippen LogP) is 11.1. The average Bonchev–Trinajstić information content (AvgIpc) is 3.35. The van der Waals surface area contributed by atoms with Gasteiger partial charge in [-0.3, -0.25) is 0 Å². The Labute approximate surface area is 264 Å². The Balaban J connectivity index is 1.42. The third kappa shape index (κ3) is 4.58. The first kappa shape index (κ1) is 27.0. The van der Waals surface area contributed by atoms with Crippen LogP contribution in [0, 0.1) is 0 Å². The lowest BCUT2D eigenvalue weighted by Gasteiger charge is -2.21. The van der Waals surface area contributed by atoms with Crippen LogP contribution in [-0.4, -0.2) is 9.97 Å². The van der Waals surface area contributed by atoms with Crippen LogP contribution in [0.3, 0.4) is 0 Å². The van der Waals surface area contributed by atoms with Gasteiger partial charge >= 0.3 is 0 Å². The van der Waals surface area contributed by atoms with Gasteiger partial charge in [0.2, 0.25) is 0 Å². The molecule has 0 atom stereocenters. The molecule has 0 bridgehead atoms. The maximum atomic E-state index is 5.38. The van der Waals surface area contributed by atoms with Crippen molar-refractivity contribution >= 4 is 0 Å². The van der Waals surface area contributed by atoms with Crippen molar-refractivity contribution in [2.75, 3.05) is 0 Å². The average molecular weight is 577 g/mol. The molecular formula is C43H32N2. The van der Waals surface area contributed by atoms with Gasteiger partial charge in [-0.2, -0.15) is 0 Å². The molecule has 1 aliphatic carbocycles. The summed E-state index contributed by atoms with van der Waals surface area (Å²) in [5, 5.41) is 0. The summed E-state index contributed by atoms with van der Waals surface area (Å²) in [6.45, 7) is 4.65. The van der Waals surface area contributed by atoms with Crippen LogP contribution in [0.4, 0.5) is 0 Å². The van der Waals surface area contributed by atoms with Gasteiger partial charge in [0.05, 0.1) is 11.4 Å². The quantitative estimate of drug-likeness (QED) is 0.204. The second-order valence-electron chi connectivity index (χ2n) is 12.2. The number of hydrogen-bond donors (Lipinski definition) is 0. The molecule has 0 saturated heterocycles. The lowest BCUT2D eigenvalue weighted by atomic mass is 9.82. The van der Waals surface area contributed by atoms with Crippen LogP contribution in [0.5, 0.6) is 0 Å². The van der Waals surface area contributed by atoms with E-state index in [1.54, 1.807) is 0 Å². The molecular weight excluding hydrogens is 544 g/mol. The van der Waals surface area contributed by atoms with Crippen molar-refractivity contribution in [2.45, 2.75) is 19.3 Å². The van der Waals surface area contributed by atoms with Gasteiger partial charge in [-0.25, -0.2) is 9.97 Å². The van der Waals surface area contributed by atoms with E-state index in [1.807, 2.05) is 0 Å². The van der Waals surface area contributed by atoms with Crippen molar-refractivity contribution in [3.63, 3.8) is 0 Å². The smallest absolute Gasteiger partial charge is 0.161 e. The summed E-state index contributed by atoms with van der Waals surface area (Å²) in [6.07, 6.45) is 0. The van der Waals surface area contributed by atoms with E-state index < -0.39 is 0 Å². The Morgan fingerprint density at radius 3 is 1.47 bits per heavy atom. The molecule has 2 heteroatoms. The molecule has 0 saturated carbocycles. The zero-order chi connectivity index (χ0) is 30.4. The van der Waals surface area contributed by atoms with Gasteiger partial charge in [0.25, 0.3) is 0 Å². The highest BCUT2D eigenvalue weighted by molar-refractivity contribution is 5.93. The van der Waals surface area contributed by atoms with Gasteiger partial charge in [0, 0.05) is 22.1 Å². The summed E-state index contributed by atoms with van der Waals surface area (Å²) in [4.78, 5) is 10.7. The fourth-order valence-electron chi connectivity index (χ4n) is 6.94.